The van der Waals surface area contributed by atoms with Gasteiger partial charge in [-0.25, -0.2) is 4.98 Å². The van der Waals surface area contributed by atoms with Crippen LogP contribution in [-0.2, 0) is 17.8 Å². The van der Waals surface area contributed by atoms with Gasteiger partial charge in [-0.05, 0) is 42.8 Å². The Morgan fingerprint density at radius 2 is 2.04 bits per heavy atom. The molecule has 0 fully saturated rings. The van der Waals surface area contributed by atoms with E-state index in [1.54, 1.807) is 7.11 Å². The van der Waals surface area contributed by atoms with E-state index >= 15 is 0 Å². The normalized spacial score (nSPS) is 11.2. The fraction of sp³-hybridized carbons (Fsp3) is 0.316. The van der Waals surface area contributed by atoms with Crippen molar-refractivity contribution >= 4 is 22.6 Å². The molecule has 0 aliphatic carbocycles. The van der Waals surface area contributed by atoms with Gasteiger partial charge in [-0.1, -0.05) is 35.9 Å². The number of imidazole rings is 1. The third-order valence-electron chi connectivity index (χ3n) is 3.95. The first-order valence-corrected chi connectivity index (χ1v) is 8.54. The van der Waals surface area contributed by atoms with E-state index in [1.165, 1.54) is 5.56 Å². The van der Waals surface area contributed by atoms with E-state index in [0.717, 1.165) is 54.5 Å². The first-order chi connectivity index (χ1) is 11.8. The lowest BCUT2D eigenvalue weighted by Gasteiger charge is -2.11. The average molecular weight is 344 g/mol. The molecule has 3 rings (SSSR count). The topological polar surface area (TPSA) is 39.1 Å². The molecule has 0 spiro atoms. The summed E-state index contributed by atoms with van der Waals surface area (Å²) >= 11 is 6.13. The molecule has 0 atom stereocenters. The third kappa shape index (κ3) is 4.15. The summed E-state index contributed by atoms with van der Waals surface area (Å²) < 4.78 is 7.34. The number of ether oxygens (including phenoxy) is 1. The Morgan fingerprint density at radius 3 is 2.88 bits per heavy atom. The third-order valence-corrected chi connectivity index (χ3v) is 4.18. The summed E-state index contributed by atoms with van der Waals surface area (Å²) in [5, 5.41) is 4.21. The smallest absolute Gasteiger partial charge is 0.124 e. The van der Waals surface area contributed by atoms with Gasteiger partial charge in [0.15, 0.2) is 0 Å². The summed E-state index contributed by atoms with van der Waals surface area (Å²) in [7, 11) is 1.73. The molecule has 5 heteroatoms. The van der Waals surface area contributed by atoms with E-state index in [-0.39, 0.29) is 0 Å². The molecule has 0 saturated heterocycles. The lowest BCUT2D eigenvalue weighted by Crippen LogP contribution is -2.19. The zero-order valence-electron chi connectivity index (χ0n) is 13.8. The van der Waals surface area contributed by atoms with Crippen LogP contribution in [0.1, 0.15) is 17.8 Å². The summed E-state index contributed by atoms with van der Waals surface area (Å²) in [4.78, 5) is 4.79. The van der Waals surface area contributed by atoms with E-state index in [1.807, 2.05) is 30.3 Å². The van der Waals surface area contributed by atoms with E-state index < -0.39 is 0 Å². The summed E-state index contributed by atoms with van der Waals surface area (Å²) in [5.74, 6) is 1.04. The van der Waals surface area contributed by atoms with Crippen molar-refractivity contribution in [1.82, 2.24) is 14.9 Å². The van der Waals surface area contributed by atoms with Crippen molar-refractivity contribution in [2.24, 2.45) is 0 Å². The summed E-state index contributed by atoms with van der Waals surface area (Å²) in [6.07, 6.45) is 0.991. The molecule has 0 unspecified atom stereocenters. The van der Waals surface area contributed by atoms with E-state index in [0.29, 0.717) is 0 Å². The molecule has 1 heterocycles. The van der Waals surface area contributed by atoms with Gasteiger partial charge in [0.25, 0.3) is 0 Å². The van der Waals surface area contributed by atoms with Crippen LogP contribution < -0.4 is 5.32 Å². The Labute approximate surface area is 147 Å². The number of halogens is 1. The van der Waals surface area contributed by atoms with Gasteiger partial charge < -0.3 is 14.6 Å². The molecule has 0 amide bonds. The van der Waals surface area contributed by atoms with Crippen molar-refractivity contribution in [3.05, 3.63) is 64.9 Å². The van der Waals surface area contributed by atoms with Crippen molar-refractivity contribution < 1.29 is 4.74 Å². The standard InChI is InChI=1S/C19H22ClN3O/c1-24-11-5-10-21-13-19-22-17-8-2-3-9-18(17)23(19)14-15-6-4-7-16(20)12-15/h2-4,6-9,12,21H,5,10-11,13-14H2,1H3. The highest BCUT2D eigenvalue weighted by atomic mass is 35.5. The highest BCUT2D eigenvalue weighted by Gasteiger charge is 2.10. The predicted octanol–water partition coefficient (Wildman–Crippen LogP) is 3.86. The van der Waals surface area contributed by atoms with E-state index in [4.69, 9.17) is 21.3 Å². The maximum atomic E-state index is 6.13. The molecular formula is C19H22ClN3O. The summed E-state index contributed by atoms with van der Waals surface area (Å²) in [5.41, 5.74) is 3.34. The van der Waals surface area contributed by atoms with Crippen LogP contribution in [0.4, 0.5) is 0 Å². The van der Waals surface area contributed by atoms with Gasteiger partial charge in [0.1, 0.15) is 5.82 Å². The first-order valence-electron chi connectivity index (χ1n) is 8.16. The number of hydrogen-bond donors (Lipinski definition) is 1. The predicted molar refractivity (Wildman–Crippen MR) is 98.5 cm³/mol. The quantitative estimate of drug-likeness (QED) is 0.631. The van der Waals surface area contributed by atoms with Gasteiger partial charge in [-0.3, -0.25) is 0 Å². The van der Waals surface area contributed by atoms with Crippen LogP contribution in [0, 0.1) is 0 Å². The molecule has 0 aliphatic rings. The molecule has 2 aromatic carbocycles. The number of benzene rings is 2. The maximum Gasteiger partial charge on any atom is 0.124 e. The summed E-state index contributed by atoms with van der Waals surface area (Å²) in [6, 6.07) is 16.2. The van der Waals surface area contributed by atoms with E-state index in [2.05, 4.69) is 28.1 Å². The van der Waals surface area contributed by atoms with Crippen LogP contribution in [0.3, 0.4) is 0 Å². The Morgan fingerprint density at radius 1 is 1.17 bits per heavy atom. The lowest BCUT2D eigenvalue weighted by atomic mass is 10.2. The number of aromatic nitrogens is 2. The van der Waals surface area contributed by atoms with Crippen LogP contribution in [0.2, 0.25) is 5.02 Å². The molecule has 1 aromatic heterocycles. The van der Waals surface area contributed by atoms with Gasteiger partial charge in [0.05, 0.1) is 17.6 Å². The molecule has 0 bridgehead atoms. The number of fused-ring (bicyclic) bond motifs is 1. The molecule has 126 valence electrons. The SMILES string of the molecule is COCCCNCc1nc2ccccc2n1Cc1cccc(Cl)c1. The minimum atomic E-state index is 0.735. The Kier molecular flexibility index (Phi) is 5.86. The van der Waals surface area contributed by atoms with Crippen molar-refractivity contribution in [2.75, 3.05) is 20.3 Å². The minimum absolute atomic E-state index is 0.735. The molecule has 3 aromatic rings. The average Bonchev–Trinajstić information content (AvgIpc) is 2.93. The fourth-order valence-electron chi connectivity index (χ4n) is 2.80. The minimum Gasteiger partial charge on any atom is -0.385 e. The van der Waals surface area contributed by atoms with Crippen LogP contribution in [0.5, 0.6) is 0 Å². The number of nitrogens with one attached hydrogen (secondary N) is 1. The largest absolute Gasteiger partial charge is 0.385 e. The maximum absolute atomic E-state index is 6.13. The first kappa shape index (κ1) is 17.0. The highest BCUT2D eigenvalue weighted by molar-refractivity contribution is 6.30. The zero-order chi connectivity index (χ0) is 16.8. The number of rotatable bonds is 8. The van der Waals surface area contributed by atoms with Gasteiger partial charge in [0, 0.05) is 25.3 Å². The van der Waals surface area contributed by atoms with Gasteiger partial charge in [0.2, 0.25) is 0 Å². The number of para-hydroxylation sites is 2. The van der Waals surface area contributed by atoms with Crippen LogP contribution >= 0.6 is 11.6 Å². The van der Waals surface area contributed by atoms with Crippen LogP contribution in [0.15, 0.2) is 48.5 Å². The molecule has 0 aliphatic heterocycles. The summed E-state index contributed by atoms with van der Waals surface area (Å²) in [6.45, 7) is 3.18. The van der Waals surface area contributed by atoms with Crippen molar-refractivity contribution in [3.8, 4) is 0 Å². The lowest BCUT2D eigenvalue weighted by molar-refractivity contribution is 0.194. The molecular weight excluding hydrogens is 322 g/mol. The van der Waals surface area contributed by atoms with E-state index in [9.17, 15) is 0 Å². The van der Waals surface area contributed by atoms with Crippen molar-refractivity contribution in [1.29, 1.82) is 0 Å². The Balaban J connectivity index is 1.82. The van der Waals surface area contributed by atoms with Gasteiger partial charge >= 0.3 is 0 Å². The number of hydrogen-bond acceptors (Lipinski definition) is 3. The second kappa shape index (κ2) is 8.29. The monoisotopic (exact) mass is 343 g/mol. The molecule has 0 saturated carbocycles. The second-order valence-electron chi connectivity index (χ2n) is 5.76. The second-order valence-corrected chi connectivity index (χ2v) is 6.19. The molecule has 0 radical (unpaired) electrons. The number of nitrogens with zero attached hydrogens (tertiary/aromatic N) is 2. The molecule has 24 heavy (non-hydrogen) atoms. The Hall–Kier alpha value is -1.88. The zero-order valence-corrected chi connectivity index (χ0v) is 14.6. The molecule has 1 N–H and O–H groups in total. The fourth-order valence-corrected chi connectivity index (χ4v) is 3.01. The van der Waals surface area contributed by atoms with Crippen molar-refractivity contribution in [2.45, 2.75) is 19.5 Å². The highest BCUT2D eigenvalue weighted by Crippen LogP contribution is 2.19. The van der Waals surface area contributed by atoms with Crippen molar-refractivity contribution in [3.63, 3.8) is 0 Å². The van der Waals surface area contributed by atoms with Gasteiger partial charge in [-0.15, -0.1) is 0 Å². The van der Waals surface area contributed by atoms with Gasteiger partial charge in [-0.2, -0.15) is 0 Å². The van der Waals surface area contributed by atoms with Crippen LogP contribution in [-0.4, -0.2) is 29.8 Å². The number of methoxy groups -OCH3 is 1. The Bertz CT molecular complexity index is 800. The molecule has 4 nitrogen and oxygen atoms in total. The van der Waals surface area contributed by atoms with Crippen LogP contribution in [0.25, 0.3) is 11.0 Å².